The van der Waals surface area contributed by atoms with Crippen molar-refractivity contribution in [1.82, 2.24) is 15.0 Å². The van der Waals surface area contributed by atoms with Gasteiger partial charge in [-0.15, -0.1) is 0 Å². The van der Waals surface area contributed by atoms with Crippen molar-refractivity contribution in [3.05, 3.63) is 89.0 Å². The third-order valence-electron chi connectivity index (χ3n) is 5.24. The first-order chi connectivity index (χ1) is 17.6. The van der Waals surface area contributed by atoms with Crippen LogP contribution in [0.25, 0.3) is 11.3 Å². The Morgan fingerprint density at radius 3 is 2.43 bits per heavy atom. The van der Waals surface area contributed by atoms with Crippen LogP contribution in [0.3, 0.4) is 0 Å². The highest BCUT2D eigenvalue weighted by Gasteiger charge is 2.33. The summed E-state index contributed by atoms with van der Waals surface area (Å²) in [5, 5.41) is 4.52. The molecule has 0 aliphatic carbocycles. The lowest BCUT2D eigenvalue weighted by molar-refractivity contribution is -0.137. The molecule has 4 aromatic rings. The minimum absolute atomic E-state index is 0.0514. The number of hydrogen-bond donors (Lipinski definition) is 2. The van der Waals surface area contributed by atoms with Gasteiger partial charge in [0.2, 0.25) is 5.88 Å². The van der Waals surface area contributed by atoms with Crippen molar-refractivity contribution in [3.63, 3.8) is 0 Å². The predicted octanol–water partition coefficient (Wildman–Crippen LogP) is 7.52. The van der Waals surface area contributed by atoms with Crippen molar-refractivity contribution in [1.29, 1.82) is 0 Å². The number of halogens is 4. The van der Waals surface area contributed by atoms with Crippen molar-refractivity contribution in [2.45, 2.75) is 26.4 Å². The second-order valence-corrected chi connectivity index (χ2v) is 8.33. The van der Waals surface area contributed by atoms with Crippen LogP contribution in [-0.4, -0.2) is 21.0 Å². The molecule has 0 radical (unpaired) electrons. The maximum atomic E-state index is 13.1. The molecule has 2 N–H and O–H groups in total. The number of anilines is 2. The molecule has 37 heavy (non-hydrogen) atoms. The summed E-state index contributed by atoms with van der Waals surface area (Å²) in [5.74, 6) is 1.56. The lowest BCUT2D eigenvalue weighted by atomic mass is 10.1. The number of nitrogens with one attached hydrogen (secondary N) is 2. The van der Waals surface area contributed by atoms with Crippen LogP contribution >= 0.6 is 11.6 Å². The topological polar surface area (TPSA) is 89.0 Å². The Hall–Kier alpha value is -4.18. The molecule has 0 saturated carbocycles. The number of carbonyl (C=O) groups is 1. The van der Waals surface area contributed by atoms with Gasteiger partial charge in [-0.1, -0.05) is 18.5 Å². The Morgan fingerprint density at radius 2 is 1.73 bits per heavy atom. The number of ether oxygens (including phenoxy) is 1. The van der Waals surface area contributed by atoms with E-state index < -0.39 is 22.8 Å². The number of urea groups is 1. The van der Waals surface area contributed by atoms with E-state index in [1.54, 1.807) is 49.6 Å². The number of nitrogens with zero attached hydrogens (tertiary/aromatic N) is 3. The molecular formula is C26H21ClF3N5O2. The number of alkyl halides is 3. The number of benzene rings is 2. The van der Waals surface area contributed by atoms with Crippen LogP contribution in [-0.2, 0) is 12.6 Å². The van der Waals surface area contributed by atoms with Crippen LogP contribution in [0.5, 0.6) is 11.6 Å². The fraction of sp³-hybridized carbons (Fsp3) is 0.154. The Balaban J connectivity index is 1.48. The van der Waals surface area contributed by atoms with Gasteiger partial charge in [0, 0.05) is 30.2 Å². The maximum absolute atomic E-state index is 13.1. The summed E-state index contributed by atoms with van der Waals surface area (Å²) in [5.41, 5.74) is 1.39. The minimum Gasteiger partial charge on any atom is -0.438 e. The van der Waals surface area contributed by atoms with E-state index in [-0.39, 0.29) is 5.69 Å². The molecule has 2 amide bonds. The largest absolute Gasteiger partial charge is 0.438 e. The van der Waals surface area contributed by atoms with Gasteiger partial charge in [0.25, 0.3) is 0 Å². The van der Waals surface area contributed by atoms with Crippen LogP contribution in [0.2, 0.25) is 5.02 Å². The number of carbonyl (C=O) groups excluding carboxylic acids is 1. The van der Waals surface area contributed by atoms with Gasteiger partial charge in [0.1, 0.15) is 11.6 Å². The van der Waals surface area contributed by atoms with E-state index in [1.165, 1.54) is 6.07 Å². The first-order valence-corrected chi connectivity index (χ1v) is 11.5. The van der Waals surface area contributed by atoms with Crippen molar-refractivity contribution < 1.29 is 22.7 Å². The molecule has 0 unspecified atom stereocenters. The van der Waals surface area contributed by atoms with Gasteiger partial charge < -0.3 is 15.4 Å². The number of hydrogen-bond acceptors (Lipinski definition) is 5. The van der Waals surface area contributed by atoms with Crippen LogP contribution < -0.4 is 15.4 Å². The van der Waals surface area contributed by atoms with Crippen LogP contribution in [0, 0.1) is 6.92 Å². The van der Waals surface area contributed by atoms with E-state index in [2.05, 4.69) is 25.6 Å². The number of amides is 2. The molecule has 2 aromatic heterocycles. The smallest absolute Gasteiger partial charge is 0.417 e. The molecule has 4 rings (SSSR count). The zero-order chi connectivity index (χ0) is 26.6. The molecule has 0 aliphatic heterocycles. The van der Waals surface area contributed by atoms with E-state index in [9.17, 15) is 18.0 Å². The Morgan fingerprint density at radius 1 is 1.00 bits per heavy atom. The molecule has 0 spiro atoms. The van der Waals surface area contributed by atoms with E-state index in [1.807, 2.05) is 13.0 Å². The summed E-state index contributed by atoms with van der Waals surface area (Å²) >= 11 is 5.62. The summed E-state index contributed by atoms with van der Waals surface area (Å²) in [6.07, 6.45) is -0.662. The summed E-state index contributed by atoms with van der Waals surface area (Å²) in [6.45, 7) is 3.75. The zero-order valence-electron chi connectivity index (χ0n) is 19.7. The van der Waals surface area contributed by atoms with Gasteiger partial charge in [-0.2, -0.15) is 13.2 Å². The van der Waals surface area contributed by atoms with E-state index >= 15 is 0 Å². The van der Waals surface area contributed by atoms with Gasteiger partial charge in [0.15, 0.2) is 0 Å². The standard InChI is InChI=1S/C26H21ClF3N5O2/c1-3-23-31-12-10-21(35-23)18-5-4-11-32-24(18)37-22-9-7-16(13-15(22)2)33-25(36)34-17-6-8-20(27)19(14-17)26(28,29)30/h4-14H,3H2,1-2H3,(H2,33,34,36). The molecule has 0 bridgehead atoms. The van der Waals surface area contributed by atoms with E-state index in [0.717, 1.165) is 12.1 Å². The Kier molecular flexibility index (Phi) is 7.58. The molecule has 11 heteroatoms. The second kappa shape index (κ2) is 10.8. The third kappa shape index (κ3) is 6.34. The SMILES string of the molecule is CCc1nccc(-c2cccnc2Oc2ccc(NC(=O)Nc3ccc(Cl)c(C(F)(F)F)c3)cc2C)n1. The molecule has 2 aromatic carbocycles. The van der Waals surface area contributed by atoms with Crippen molar-refractivity contribution in [2.24, 2.45) is 0 Å². The highest BCUT2D eigenvalue weighted by molar-refractivity contribution is 6.31. The Bertz CT molecular complexity index is 1450. The van der Waals surface area contributed by atoms with Crippen molar-refractivity contribution in [2.75, 3.05) is 10.6 Å². The first kappa shape index (κ1) is 25.9. The number of pyridine rings is 1. The molecule has 190 valence electrons. The molecule has 7 nitrogen and oxygen atoms in total. The van der Waals surface area contributed by atoms with Gasteiger partial charge >= 0.3 is 12.2 Å². The normalized spacial score (nSPS) is 11.2. The summed E-state index contributed by atoms with van der Waals surface area (Å²) in [4.78, 5) is 25.5. The van der Waals surface area contributed by atoms with Gasteiger partial charge in [-0.05, 0) is 67.1 Å². The lowest BCUT2D eigenvalue weighted by Gasteiger charge is -2.14. The van der Waals surface area contributed by atoms with Crippen molar-refractivity contribution in [3.8, 4) is 22.9 Å². The molecule has 0 fully saturated rings. The fourth-order valence-electron chi connectivity index (χ4n) is 3.45. The second-order valence-electron chi connectivity index (χ2n) is 7.92. The van der Waals surface area contributed by atoms with Gasteiger partial charge in [-0.3, -0.25) is 0 Å². The average Bonchev–Trinajstić information content (AvgIpc) is 2.86. The molecule has 0 atom stereocenters. The number of rotatable bonds is 6. The first-order valence-electron chi connectivity index (χ1n) is 11.1. The van der Waals surface area contributed by atoms with E-state index in [0.29, 0.717) is 46.4 Å². The minimum atomic E-state index is -4.64. The number of aromatic nitrogens is 3. The summed E-state index contributed by atoms with van der Waals surface area (Å²) in [6, 6.07) is 12.8. The maximum Gasteiger partial charge on any atom is 0.417 e. The Labute approximate surface area is 215 Å². The third-order valence-corrected chi connectivity index (χ3v) is 5.57. The lowest BCUT2D eigenvalue weighted by Crippen LogP contribution is -2.20. The summed E-state index contributed by atoms with van der Waals surface area (Å²) < 4.78 is 45.3. The highest BCUT2D eigenvalue weighted by atomic mass is 35.5. The van der Waals surface area contributed by atoms with Gasteiger partial charge in [-0.25, -0.2) is 19.7 Å². The predicted molar refractivity (Wildman–Crippen MR) is 135 cm³/mol. The monoisotopic (exact) mass is 527 g/mol. The van der Waals surface area contributed by atoms with Crippen LogP contribution in [0.15, 0.2) is 67.0 Å². The van der Waals surface area contributed by atoms with Crippen LogP contribution in [0.4, 0.5) is 29.3 Å². The van der Waals surface area contributed by atoms with Crippen molar-refractivity contribution >= 4 is 29.0 Å². The summed E-state index contributed by atoms with van der Waals surface area (Å²) in [7, 11) is 0. The molecule has 0 aliphatic rings. The van der Waals surface area contributed by atoms with Gasteiger partial charge in [0.05, 0.1) is 21.8 Å². The molecule has 0 saturated heterocycles. The number of aryl methyl sites for hydroxylation is 2. The average molecular weight is 528 g/mol. The molecular weight excluding hydrogens is 507 g/mol. The quantitative estimate of drug-likeness (QED) is 0.271. The highest BCUT2D eigenvalue weighted by Crippen LogP contribution is 2.36. The van der Waals surface area contributed by atoms with Crippen LogP contribution in [0.1, 0.15) is 23.9 Å². The molecule has 2 heterocycles. The zero-order valence-corrected chi connectivity index (χ0v) is 20.5. The van der Waals surface area contributed by atoms with E-state index in [4.69, 9.17) is 16.3 Å². The fourth-order valence-corrected chi connectivity index (χ4v) is 3.67.